The Balaban J connectivity index is 2.52. The Morgan fingerprint density at radius 2 is 1.75 bits per heavy atom. The van der Waals surface area contributed by atoms with Crippen LogP contribution in [0.15, 0.2) is 28.7 Å². The SMILES string of the molecule is CCc1oc(-c2ccc(Cl)cc2)c(O)c1O. The van der Waals surface area contributed by atoms with Crippen LogP contribution in [0, 0.1) is 0 Å². The fraction of sp³-hybridized carbons (Fsp3) is 0.167. The number of halogens is 1. The van der Waals surface area contributed by atoms with Crippen molar-refractivity contribution in [1.82, 2.24) is 0 Å². The Bertz CT molecular complexity index is 500. The number of benzene rings is 1. The molecule has 2 rings (SSSR count). The third-order valence-corrected chi connectivity index (χ3v) is 2.61. The third-order valence-electron chi connectivity index (χ3n) is 2.36. The van der Waals surface area contributed by atoms with Crippen molar-refractivity contribution in [3.05, 3.63) is 35.0 Å². The van der Waals surface area contributed by atoms with Crippen molar-refractivity contribution in [2.24, 2.45) is 0 Å². The van der Waals surface area contributed by atoms with Crippen molar-refractivity contribution in [1.29, 1.82) is 0 Å². The Labute approximate surface area is 97.9 Å². The van der Waals surface area contributed by atoms with Gasteiger partial charge in [0, 0.05) is 17.0 Å². The van der Waals surface area contributed by atoms with Crippen LogP contribution >= 0.6 is 11.6 Å². The smallest absolute Gasteiger partial charge is 0.205 e. The average molecular weight is 239 g/mol. The third kappa shape index (κ3) is 1.74. The molecule has 1 aromatic carbocycles. The molecule has 84 valence electrons. The van der Waals surface area contributed by atoms with Crippen molar-refractivity contribution < 1.29 is 14.6 Å². The highest BCUT2D eigenvalue weighted by Gasteiger charge is 2.18. The second kappa shape index (κ2) is 4.10. The quantitative estimate of drug-likeness (QED) is 0.841. The van der Waals surface area contributed by atoms with Crippen LogP contribution < -0.4 is 0 Å². The summed E-state index contributed by atoms with van der Waals surface area (Å²) in [6.07, 6.45) is 0.521. The molecule has 0 aliphatic carbocycles. The van der Waals surface area contributed by atoms with E-state index in [-0.39, 0.29) is 17.3 Å². The van der Waals surface area contributed by atoms with E-state index in [1.807, 2.05) is 6.92 Å². The lowest BCUT2D eigenvalue weighted by Crippen LogP contribution is -1.74. The van der Waals surface area contributed by atoms with Gasteiger partial charge in [-0.2, -0.15) is 0 Å². The van der Waals surface area contributed by atoms with Gasteiger partial charge in [0.15, 0.2) is 5.76 Å². The van der Waals surface area contributed by atoms with E-state index in [0.717, 1.165) is 0 Å². The van der Waals surface area contributed by atoms with Crippen molar-refractivity contribution in [2.75, 3.05) is 0 Å². The van der Waals surface area contributed by atoms with E-state index < -0.39 is 0 Å². The average Bonchev–Trinajstić information content (AvgIpc) is 2.57. The summed E-state index contributed by atoms with van der Waals surface area (Å²) < 4.78 is 5.38. The normalized spacial score (nSPS) is 10.6. The molecule has 0 radical (unpaired) electrons. The summed E-state index contributed by atoms with van der Waals surface area (Å²) in [5, 5.41) is 19.9. The minimum atomic E-state index is -0.223. The second-order valence-electron chi connectivity index (χ2n) is 3.41. The molecule has 0 atom stereocenters. The van der Waals surface area contributed by atoms with Crippen LogP contribution in [0.1, 0.15) is 12.7 Å². The summed E-state index contributed by atoms with van der Waals surface area (Å²) in [6, 6.07) is 6.84. The molecule has 0 spiro atoms. The Kier molecular flexibility index (Phi) is 2.79. The standard InChI is InChI=1S/C12H11ClO3/c1-2-9-10(14)11(15)12(16-9)7-3-5-8(13)6-4-7/h3-6,14-15H,2H2,1H3. The maximum Gasteiger partial charge on any atom is 0.205 e. The lowest BCUT2D eigenvalue weighted by molar-refractivity contribution is 0.403. The zero-order valence-electron chi connectivity index (χ0n) is 8.70. The van der Waals surface area contributed by atoms with Gasteiger partial charge in [-0.15, -0.1) is 0 Å². The molecule has 0 unspecified atom stereocenters. The molecule has 2 aromatic rings. The van der Waals surface area contributed by atoms with Crippen LogP contribution in [0.5, 0.6) is 11.5 Å². The minimum absolute atomic E-state index is 0.188. The second-order valence-corrected chi connectivity index (χ2v) is 3.85. The number of rotatable bonds is 2. The Hall–Kier alpha value is -1.61. The van der Waals surface area contributed by atoms with Gasteiger partial charge >= 0.3 is 0 Å². The first-order chi connectivity index (χ1) is 7.63. The van der Waals surface area contributed by atoms with Gasteiger partial charge in [-0.3, -0.25) is 0 Å². The maximum atomic E-state index is 9.70. The fourth-order valence-electron chi connectivity index (χ4n) is 1.50. The number of hydrogen-bond donors (Lipinski definition) is 2. The van der Waals surface area contributed by atoms with Crippen LogP contribution in [-0.2, 0) is 6.42 Å². The molecule has 1 heterocycles. The van der Waals surface area contributed by atoms with Gasteiger partial charge in [0.2, 0.25) is 11.5 Å². The van der Waals surface area contributed by atoms with E-state index in [0.29, 0.717) is 22.8 Å². The van der Waals surface area contributed by atoms with Crippen LogP contribution in [0.25, 0.3) is 11.3 Å². The highest BCUT2D eigenvalue weighted by Crippen LogP contribution is 2.42. The van der Waals surface area contributed by atoms with Gasteiger partial charge in [0.05, 0.1) is 0 Å². The number of aryl methyl sites for hydroxylation is 1. The molecule has 0 aliphatic rings. The zero-order chi connectivity index (χ0) is 11.7. The summed E-state index contributed by atoms with van der Waals surface area (Å²) in [7, 11) is 0. The lowest BCUT2D eigenvalue weighted by Gasteiger charge is -1.97. The molecule has 3 nitrogen and oxygen atoms in total. The van der Waals surface area contributed by atoms with E-state index in [9.17, 15) is 10.2 Å². The molecular weight excluding hydrogens is 228 g/mol. The number of aromatic hydroxyl groups is 2. The predicted molar refractivity (Wildman–Crippen MR) is 61.9 cm³/mol. The van der Waals surface area contributed by atoms with Crippen molar-refractivity contribution in [3.8, 4) is 22.8 Å². The summed E-state index contributed by atoms with van der Waals surface area (Å²) in [4.78, 5) is 0. The molecule has 0 amide bonds. The predicted octanol–water partition coefficient (Wildman–Crippen LogP) is 3.57. The topological polar surface area (TPSA) is 53.6 Å². The first-order valence-electron chi connectivity index (χ1n) is 4.93. The summed E-state index contributed by atoms with van der Waals surface area (Å²) in [6.45, 7) is 1.84. The number of furan rings is 1. The van der Waals surface area contributed by atoms with Crippen LogP contribution in [0.3, 0.4) is 0 Å². The molecular formula is C12H11ClO3. The summed E-state index contributed by atoms with van der Waals surface area (Å²) in [5.41, 5.74) is 0.678. The summed E-state index contributed by atoms with van der Waals surface area (Å²) in [5.74, 6) is 0.236. The molecule has 2 N–H and O–H groups in total. The molecule has 0 saturated heterocycles. The van der Waals surface area contributed by atoms with Crippen molar-refractivity contribution in [3.63, 3.8) is 0 Å². The van der Waals surface area contributed by atoms with E-state index in [1.54, 1.807) is 24.3 Å². The van der Waals surface area contributed by atoms with Gasteiger partial charge < -0.3 is 14.6 Å². The van der Waals surface area contributed by atoms with Crippen LogP contribution in [-0.4, -0.2) is 10.2 Å². The van der Waals surface area contributed by atoms with Crippen molar-refractivity contribution in [2.45, 2.75) is 13.3 Å². The van der Waals surface area contributed by atoms with Gasteiger partial charge in [-0.1, -0.05) is 18.5 Å². The molecule has 0 bridgehead atoms. The molecule has 0 aliphatic heterocycles. The van der Waals surface area contributed by atoms with Gasteiger partial charge in [-0.05, 0) is 24.3 Å². The molecule has 0 saturated carbocycles. The van der Waals surface area contributed by atoms with Gasteiger partial charge in [0.25, 0.3) is 0 Å². The first kappa shape index (κ1) is 10.9. The molecule has 1 aromatic heterocycles. The van der Waals surface area contributed by atoms with Gasteiger partial charge in [0.1, 0.15) is 5.76 Å². The zero-order valence-corrected chi connectivity index (χ0v) is 9.45. The molecule has 0 fully saturated rings. The Morgan fingerprint density at radius 1 is 1.12 bits per heavy atom. The minimum Gasteiger partial charge on any atom is -0.502 e. The van der Waals surface area contributed by atoms with E-state index >= 15 is 0 Å². The van der Waals surface area contributed by atoms with Crippen LogP contribution in [0.4, 0.5) is 0 Å². The molecule has 16 heavy (non-hydrogen) atoms. The van der Waals surface area contributed by atoms with E-state index in [4.69, 9.17) is 16.0 Å². The molecule has 4 heteroatoms. The lowest BCUT2D eigenvalue weighted by atomic mass is 10.1. The fourth-order valence-corrected chi connectivity index (χ4v) is 1.62. The largest absolute Gasteiger partial charge is 0.502 e. The van der Waals surface area contributed by atoms with Gasteiger partial charge in [-0.25, -0.2) is 0 Å². The highest BCUT2D eigenvalue weighted by atomic mass is 35.5. The van der Waals surface area contributed by atoms with Crippen molar-refractivity contribution >= 4 is 11.6 Å². The summed E-state index contributed by atoms with van der Waals surface area (Å²) >= 11 is 5.76. The Morgan fingerprint density at radius 3 is 2.25 bits per heavy atom. The monoisotopic (exact) mass is 238 g/mol. The van der Waals surface area contributed by atoms with Crippen LogP contribution in [0.2, 0.25) is 5.02 Å². The van der Waals surface area contributed by atoms with E-state index in [2.05, 4.69) is 0 Å². The highest BCUT2D eigenvalue weighted by molar-refractivity contribution is 6.30. The first-order valence-corrected chi connectivity index (χ1v) is 5.30. The maximum absolute atomic E-state index is 9.70. The number of hydrogen-bond acceptors (Lipinski definition) is 3. The van der Waals surface area contributed by atoms with E-state index in [1.165, 1.54) is 0 Å².